The van der Waals surface area contributed by atoms with Gasteiger partial charge in [0.15, 0.2) is 5.78 Å². The normalized spacial score (nSPS) is 16.8. The van der Waals surface area contributed by atoms with Gasteiger partial charge in [-0.1, -0.05) is 24.3 Å². The van der Waals surface area contributed by atoms with Crippen LogP contribution in [0.25, 0.3) is 6.08 Å². The Labute approximate surface area is 151 Å². The van der Waals surface area contributed by atoms with Crippen molar-refractivity contribution in [1.29, 1.82) is 0 Å². The highest BCUT2D eigenvalue weighted by atomic mass is 31.2. The zero-order valence-electron chi connectivity index (χ0n) is 14.9. The molecule has 1 atom stereocenters. The van der Waals surface area contributed by atoms with Crippen molar-refractivity contribution >= 4 is 25.6 Å². The Morgan fingerprint density at radius 1 is 1.08 bits per heavy atom. The van der Waals surface area contributed by atoms with Crippen LogP contribution in [0, 0.1) is 0 Å². The van der Waals surface area contributed by atoms with Crippen LogP contribution in [0.4, 0.5) is 0 Å². The molecule has 1 unspecified atom stereocenters. The molecule has 0 aromatic heterocycles. The van der Waals surface area contributed by atoms with E-state index in [4.69, 9.17) is 13.8 Å². The van der Waals surface area contributed by atoms with Gasteiger partial charge in [-0.3, -0.25) is 4.57 Å². The molecule has 1 heterocycles. The highest BCUT2D eigenvalue weighted by molar-refractivity contribution is 7.54. The number of hydrogen-bond acceptors (Lipinski definition) is 8. The van der Waals surface area contributed by atoms with Crippen LogP contribution in [-0.4, -0.2) is 45.3 Å². The van der Waals surface area contributed by atoms with E-state index in [-0.39, 0.29) is 5.70 Å². The van der Waals surface area contributed by atoms with Crippen LogP contribution in [0.5, 0.6) is 0 Å². The number of esters is 2. The van der Waals surface area contributed by atoms with Crippen molar-refractivity contribution in [3.8, 4) is 0 Å². The molecular formula is C17H20NO7P. The first-order valence-corrected chi connectivity index (χ1v) is 9.17. The van der Waals surface area contributed by atoms with E-state index in [0.29, 0.717) is 5.56 Å². The Bertz CT molecular complexity index is 794. The number of fused-ring (bicyclic) bond motifs is 1. The number of hydrogen-bond donors (Lipinski definition) is 0. The van der Waals surface area contributed by atoms with Crippen LogP contribution in [0.15, 0.2) is 42.2 Å². The van der Waals surface area contributed by atoms with Crippen molar-refractivity contribution in [2.24, 2.45) is 0 Å². The molecule has 0 saturated carbocycles. The number of ether oxygens (including phenoxy) is 2. The van der Waals surface area contributed by atoms with Crippen molar-refractivity contribution < 1.29 is 32.7 Å². The SMILES string of the molecule is COC(=O)/C=C(\C(=O)OC)N1C=Cc2ccccc2C1P(=O)(OC)OC. The van der Waals surface area contributed by atoms with E-state index >= 15 is 0 Å². The molecule has 2 rings (SSSR count). The third kappa shape index (κ3) is 3.72. The highest BCUT2D eigenvalue weighted by Crippen LogP contribution is 2.63. The molecule has 0 spiro atoms. The first kappa shape index (κ1) is 19.9. The fourth-order valence-electron chi connectivity index (χ4n) is 2.61. The summed E-state index contributed by atoms with van der Waals surface area (Å²) in [6, 6.07) is 7.16. The number of benzene rings is 1. The average molecular weight is 381 g/mol. The maximum atomic E-state index is 13.2. The maximum absolute atomic E-state index is 13.2. The van der Waals surface area contributed by atoms with Gasteiger partial charge in [0.1, 0.15) is 5.70 Å². The largest absolute Gasteiger partial charge is 0.466 e. The van der Waals surface area contributed by atoms with Crippen LogP contribution in [0.1, 0.15) is 16.9 Å². The fourth-order valence-corrected chi connectivity index (χ4v) is 4.24. The second kappa shape index (κ2) is 8.31. The molecule has 26 heavy (non-hydrogen) atoms. The lowest BCUT2D eigenvalue weighted by Gasteiger charge is -2.37. The van der Waals surface area contributed by atoms with Gasteiger partial charge in [0.2, 0.25) is 0 Å². The molecule has 8 nitrogen and oxygen atoms in total. The number of methoxy groups -OCH3 is 2. The van der Waals surface area contributed by atoms with Crippen LogP contribution in [0.3, 0.4) is 0 Å². The monoisotopic (exact) mass is 381 g/mol. The quantitative estimate of drug-likeness (QED) is 0.422. The van der Waals surface area contributed by atoms with E-state index in [9.17, 15) is 14.2 Å². The molecule has 0 N–H and O–H groups in total. The van der Waals surface area contributed by atoms with Crippen molar-refractivity contribution in [3.05, 3.63) is 53.4 Å². The van der Waals surface area contributed by atoms with Gasteiger partial charge in [0.05, 0.1) is 20.3 Å². The molecular weight excluding hydrogens is 361 g/mol. The first-order valence-electron chi connectivity index (χ1n) is 7.56. The van der Waals surface area contributed by atoms with Crippen LogP contribution < -0.4 is 0 Å². The topological polar surface area (TPSA) is 91.4 Å². The average Bonchev–Trinajstić information content (AvgIpc) is 2.69. The van der Waals surface area contributed by atoms with Gasteiger partial charge < -0.3 is 23.4 Å². The van der Waals surface area contributed by atoms with Crippen LogP contribution in [-0.2, 0) is 32.7 Å². The molecule has 140 valence electrons. The number of carbonyl (C=O) groups excluding carboxylic acids is 2. The summed E-state index contributed by atoms with van der Waals surface area (Å²) >= 11 is 0. The Morgan fingerprint density at radius 3 is 2.31 bits per heavy atom. The molecule has 1 aromatic rings. The minimum absolute atomic E-state index is 0.163. The lowest BCUT2D eigenvalue weighted by atomic mass is 10.0. The summed E-state index contributed by atoms with van der Waals surface area (Å²) in [6.07, 6.45) is 4.20. The summed E-state index contributed by atoms with van der Waals surface area (Å²) in [7, 11) is 1.14. The third-order valence-electron chi connectivity index (χ3n) is 3.89. The van der Waals surface area contributed by atoms with E-state index in [2.05, 4.69) is 4.74 Å². The van der Waals surface area contributed by atoms with Gasteiger partial charge in [-0.05, 0) is 17.2 Å². The van der Waals surface area contributed by atoms with Crippen LogP contribution in [0.2, 0.25) is 0 Å². The van der Waals surface area contributed by atoms with E-state index in [1.54, 1.807) is 18.2 Å². The molecule has 0 radical (unpaired) electrons. The van der Waals surface area contributed by atoms with E-state index in [0.717, 1.165) is 11.6 Å². The third-order valence-corrected chi connectivity index (χ3v) is 6.03. The Kier molecular flexibility index (Phi) is 6.37. The molecule has 9 heteroatoms. The number of nitrogens with zero attached hydrogens (tertiary/aromatic N) is 1. The number of rotatable bonds is 6. The van der Waals surface area contributed by atoms with Crippen LogP contribution >= 0.6 is 7.60 Å². The van der Waals surface area contributed by atoms with E-state index in [1.165, 1.54) is 39.5 Å². The minimum atomic E-state index is -3.73. The summed E-state index contributed by atoms with van der Waals surface area (Å²) in [4.78, 5) is 25.3. The molecule has 0 fully saturated rings. The van der Waals surface area contributed by atoms with Gasteiger partial charge in [0, 0.05) is 20.4 Å². The molecule has 0 aliphatic carbocycles. The molecule has 0 saturated heterocycles. The molecule has 1 aliphatic heterocycles. The lowest BCUT2D eigenvalue weighted by molar-refractivity contribution is -0.139. The van der Waals surface area contributed by atoms with Crippen molar-refractivity contribution in [3.63, 3.8) is 0 Å². The standard InChI is InChI=1S/C17H20NO7P/c1-22-15(19)11-14(17(20)23-2)18-10-9-12-7-5-6-8-13(12)16(18)26(21,24-3)25-4/h5-11,16H,1-4H3/b14-11+. The summed E-state index contributed by atoms with van der Waals surface area (Å²) in [5.74, 6) is -2.56. The van der Waals surface area contributed by atoms with Crippen molar-refractivity contribution in [2.75, 3.05) is 28.4 Å². The van der Waals surface area contributed by atoms with E-state index < -0.39 is 25.3 Å². The Morgan fingerprint density at radius 2 is 1.73 bits per heavy atom. The minimum Gasteiger partial charge on any atom is -0.466 e. The second-order valence-corrected chi connectivity index (χ2v) is 7.47. The van der Waals surface area contributed by atoms with Gasteiger partial charge >= 0.3 is 19.5 Å². The Balaban J connectivity index is 2.68. The summed E-state index contributed by atoms with van der Waals surface area (Å²) in [6.45, 7) is 0. The van der Waals surface area contributed by atoms with Gasteiger partial charge in [-0.15, -0.1) is 0 Å². The zero-order valence-corrected chi connectivity index (χ0v) is 15.8. The highest BCUT2D eigenvalue weighted by Gasteiger charge is 2.44. The zero-order chi connectivity index (χ0) is 19.3. The summed E-state index contributed by atoms with van der Waals surface area (Å²) in [5, 5.41) is 0. The molecule has 1 aromatic carbocycles. The predicted molar refractivity (Wildman–Crippen MR) is 93.8 cm³/mol. The lowest BCUT2D eigenvalue weighted by Crippen LogP contribution is -2.31. The number of carbonyl (C=O) groups is 2. The summed E-state index contributed by atoms with van der Waals surface area (Å²) in [5.41, 5.74) is 1.23. The van der Waals surface area contributed by atoms with Gasteiger partial charge in [0.25, 0.3) is 0 Å². The smallest absolute Gasteiger partial charge is 0.357 e. The van der Waals surface area contributed by atoms with Crippen molar-refractivity contribution in [1.82, 2.24) is 4.90 Å². The molecule has 0 bridgehead atoms. The van der Waals surface area contributed by atoms with Gasteiger partial charge in [-0.2, -0.15) is 0 Å². The fraction of sp³-hybridized carbons (Fsp3) is 0.294. The molecule has 1 aliphatic rings. The predicted octanol–water partition coefficient (Wildman–Crippen LogP) is 2.69. The second-order valence-electron chi connectivity index (χ2n) is 5.17. The van der Waals surface area contributed by atoms with Gasteiger partial charge in [-0.25, -0.2) is 9.59 Å². The molecule has 0 amide bonds. The first-order chi connectivity index (χ1) is 12.4. The van der Waals surface area contributed by atoms with E-state index in [1.807, 2.05) is 12.1 Å². The Hall–Kier alpha value is -2.41. The maximum Gasteiger partial charge on any atom is 0.357 e. The summed E-state index contributed by atoms with van der Waals surface area (Å²) < 4.78 is 32.9. The van der Waals surface area contributed by atoms with Crippen molar-refractivity contribution in [2.45, 2.75) is 5.78 Å².